The molecule has 0 aliphatic heterocycles. The quantitative estimate of drug-likeness (QED) is 0.404. The number of rotatable bonds is 7. The zero-order valence-electron chi connectivity index (χ0n) is 17.0. The largest absolute Gasteiger partial charge is 0.367 e. The fourth-order valence-electron chi connectivity index (χ4n) is 2.69. The van der Waals surface area contributed by atoms with Gasteiger partial charge in [0.1, 0.15) is 5.82 Å². The number of carbonyl (C=O) groups excluding carboxylic acids is 1. The minimum atomic E-state index is -0.266. The van der Waals surface area contributed by atoms with Crippen LogP contribution in [-0.4, -0.2) is 44.2 Å². The van der Waals surface area contributed by atoms with Crippen molar-refractivity contribution in [2.24, 2.45) is 4.99 Å². The maximum Gasteiger partial charge on any atom is 0.182 e. The summed E-state index contributed by atoms with van der Waals surface area (Å²) in [7, 11) is 3.76. The van der Waals surface area contributed by atoms with Crippen molar-refractivity contribution < 1.29 is 9.18 Å². The maximum absolute atomic E-state index is 13.8. The first-order valence-electron chi connectivity index (χ1n) is 9.09. The normalized spacial score (nSPS) is 11.1. The Balaban J connectivity index is 2.19. The van der Waals surface area contributed by atoms with E-state index in [1.54, 1.807) is 31.3 Å². The number of hydrogen-bond donors (Lipinski definition) is 0. The van der Waals surface area contributed by atoms with Gasteiger partial charge in [-0.1, -0.05) is 6.07 Å². The van der Waals surface area contributed by atoms with Crippen LogP contribution in [0.1, 0.15) is 34.0 Å². The molecular formula is C22H28FN3O. The number of halogens is 1. The summed E-state index contributed by atoms with van der Waals surface area (Å²) in [6, 6.07) is 8.84. The van der Waals surface area contributed by atoms with Crippen LogP contribution in [0.2, 0.25) is 0 Å². The Morgan fingerprint density at radius 3 is 2.41 bits per heavy atom. The molecule has 0 fully saturated rings. The highest BCUT2D eigenvalue weighted by atomic mass is 19.1. The second kappa shape index (κ2) is 8.80. The number of ketones is 1. The molecule has 0 atom stereocenters. The van der Waals surface area contributed by atoms with Crippen molar-refractivity contribution >= 4 is 23.5 Å². The summed E-state index contributed by atoms with van der Waals surface area (Å²) < 4.78 is 13.8. The van der Waals surface area contributed by atoms with Crippen molar-refractivity contribution in [3.63, 3.8) is 0 Å². The molecule has 0 radical (unpaired) electrons. The molecule has 0 bridgehead atoms. The van der Waals surface area contributed by atoms with Crippen LogP contribution in [0.5, 0.6) is 0 Å². The van der Waals surface area contributed by atoms with Gasteiger partial charge in [0.15, 0.2) is 5.78 Å². The molecular weight excluding hydrogens is 341 g/mol. The van der Waals surface area contributed by atoms with E-state index in [-0.39, 0.29) is 18.1 Å². The number of aliphatic imine (C=N–C) groups is 1. The van der Waals surface area contributed by atoms with Gasteiger partial charge in [-0.15, -0.1) is 0 Å². The molecule has 0 amide bonds. The van der Waals surface area contributed by atoms with Crippen LogP contribution < -0.4 is 4.90 Å². The van der Waals surface area contributed by atoms with Crippen LogP contribution in [0.15, 0.2) is 35.3 Å². The summed E-state index contributed by atoms with van der Waals surface area (Å²) >= 11 is 0. The first kappa shape index (κ1) is 20.6. The fraction of sp³-hybridized carbons (Fsp3) is 0.364. The van der Waals surface area contributed by atoms with Crippen LogP contribution in [0, 0.1) is 26.6 Å². The molecule has 2 aromatic carbocycles. The lowest BCUT2D eigenvalue weighted by Crippen LogP contribution is -2.26. The summed E-state index contributed by atoms with van der Waals surface area (Å²) in [6.45, 7) is 8.71. The SMILES string of the molecule is CCN(C)/C=N/c1cc(C)c(C(=O)CN(C)c2ccc(C)c(F)c2)cc1C. The Labute approximate surface area is 161 Å². The van der Waals surface area contributed by atoms with E-state index in [0.29, 0.717) is 16.8 Å². The van der Waals surface area contributed by atoms with Crippen molar-refractivity contribution in [1.82, 2.24) is 4.90 Å². The summed E-state index contributed by atoms with van der Waals surface area (Å²) in [4.78, 5) is 21.1. The van der Waals surface area contributed by atoms with Crippen LogP contribution >= 0.6 is 0 Å². The second-order valence-corrected chi connectivity index (χ2v) is 6.98. The van der Waals surface area contributed by atoms with E-state index >= 15 is 0 Å². The Morgan fingerprint density at radius 2 is 1.78 bits per heavy atom. The van der Waals surface area contributed by atoms with E-state index in [1.807, 2.05) is 44.0 Å². The summed E-state index contributed by atoms with van der Waals surface area (Å²) in [5.74, 6) is -0.265. The number of anilines is 1. The zero-order chi connectivity index (χ0) is 20.1. The van der Waals surface area contributed by atoms with Crippen molar-refractivity contribution in [2.45, 2.75) is 27.7 Å². The number of likely N-dealkylation sites (N-methyl/N-ethyl adjacent to an activating group) is 1. The number of aryl methyl sites for hydroxylation is 3. The summed E-state index contributed by atoms with van der Waals surface area (Å²) in [6.07, 6.45) is 1.79. The molecule has 0 aromatic heterocycles. The Hall–Kier alpha value is -2.69. The van der Waals surface area contributed by atoms with Gasteiger partial charge in [0.2, 0.25) is 0 Å². The molecule has 2 aromatic rings. The third kappa shape index (κ3) is 5.16. The van der Waals surface area contributed by atoms with Crippen molar-refractivity contribution in [3.8, 4) is 0 Å². The molecule has 0 unspecified atom stereocenters. The van der Waals surface area contributed by atoms with Gasteiger partial charge in [-0.3, -0.25) is 4.79 Å². The second-order valence-electron chi connectivity index (χ2n) is 6.98. The highest BCUT2D eigenvalue weighted by Gasteiger charge is 2.15. The third-order valence-electron chi connectivity index (χ3n) is 4.71. The highest BCUT2D eigenvalue weighted by molar-refractivity contribution is 6.01. The smallest absolute Gasteiger partial charge is 0.182 e. The fourth-order valence-corrected chi connectivity index (χ4v) is 2.69. The Bertz CT molecular complexity index is 861. The van der Waals surface area contributed by atoms with Gasteiger partial charge in [-0.25, -0.2) is 9.38 Å². The number of carbonyl (C=O) groups is 1. The zero-order valence-corrected chi connectivity index (χ0v) is 17.0. The average molecular weight is 369 g/mol. The Morgan fingerprint density at radius 1 is 1.07 bits per heavy atom. The van der Waals surface area contributed by atoms with Crippen LogP contribution in [0.25, 0.3) is 0 Å². The van der Waals surface area contributed by atoms with Gasteiger partial charge in [-0.05, 0) is 68.7 Å². The molecule has 2 rings (SSSR count). The summed E-state index contributed by atoms with van der Waals surface area (Å²) in [5.41, 5.74) is 4.65. The van der Waals surface area contributed by atoms with Gasteiger partial charge in [0.25, 0.3) is 0 Å². The lowest BCUT2D eigenvalue weighted by Gasteiger charge is -2.20. The number of hydrogen-bond acceptors (Lipinski definition) is 3. The predicted octanol–water partition coefficient (Wildman–Crippen LogP) is 4.68. The third-order valence-corrected chi connectivity index (χ3v) is 4.71. The van der Waals surface area contributed by atoms with Gasteiger partial charge in [0, 0.05) is 31.9 Å². The monoisotopic (exact) mass is 369 g/mol. The first-order chi connectivity index (χ1) is 12.7. The van der Waals surface area contributed by atoms with E-state index in [0.717, 1.165) is 23.4 Å². The molecule has 5 heteroatoms. The summed E-state index contributed by atoms with van der Waals surface area (Å²) in [5, 5.41) is 0. The number of benzene rings is 2. The molecule has 0 saturated carbocycles. The van der Waals surface area contributed by atoms with E-state index in [4.69, 9.17) is 0 Å². The molecule has 0 aliphatic carbocycles. The predicted molar refractivity (Wildman–Crippen MR) is 111 cm³/mol. The van der Waals surface area contributed by atoms with Crippen molar-refractivity contribution in [3.05, 3.63) is 58.4 Å². The molecule has 27 heavy (non-hydrogen) atoms. The molecule has 0 heterocycles. The minimum Gasteiger partial charge on any atom is -0.367 e. The van der Waals surface area contributed by atoms with Crippen molar-refractivity contribution in [1.29, 1.82) is 0 Å². The van der Waals surface area contributed by atoms with Crippen LogP contribution in [0.4, 0.5) is 15.8 Å². The van der Waals surface area contributed by atoms with E-state index in [2.05, 4.69) is 11.9 Å². The van der Waals surface area contributed by atoms with Gasteiger partial charge >= 0.3 is 0 Å². The van der Waals surface area contributed by atoms with Crippen LogP contribution in [0.3, 0.4) is 0 Å². The number of Topliss-reactive ketones (excluding diaryl/α,β-unsaturated/α-hetero) is 1. The van der Waals surface area contributed by atoms with Gasteiger partial charge < -0.3 is 9.80 Å². The lowest BCUT2D eigenvalue weighted by molar-refractivity contribution is 0.0999. The molecule has 0 spiro atoms. The Kier molecular flexibility index (Phi) is 6.72. The highest BCUT2D eigenvalue weighted by Crippen LogP contribution is 2.24. The van der Waals surface area contributed by atoms with E-state index < -0.39 is 0 Å². The van der Waals surface area contributed by atoms with Gasteiger partial charge in [0.05, 0.1) is 18.6 Å². The van der Waals surface area contributed by atoms with E-state index in [1.165, 1.54) is 6.07 Å². The first-order valence-corrected chi connectivity index (χ1v) is 9.09. The minimum absolute atomic E-state index is 0.000268. The molecule has 0 saturated heterocycles. The lowest BCUT2D eigenvalue weighted by atomic mass is 10.00. The van der Waals surface area contributed by atoms with Gasteiger partial charge in [-0.2, -0.15) is 0 Å². The maximum atomic E-state index is 13.8. The topological polar surface area (TPSA) is 35.9 Å². The van der Waals surface area contributed by atoms with Crippen molar-refractivity contribution in [2.75, 3.05) is 32.1 Å². The van der Waals surface area contributed by atoms with Crippen LogP contribution in [-0.2, 0) is 0 Å². The molecule has 4 nitrogen and oxygen atoms in total. The van der Waals surface area contributed by atoms with E-state index in [9.17, 15) is 9.18 Å². The average Bonchev–Trinajstić information content (AvgIpc) is 2.63. The molecule has 144 valence electrons. The number of nitrogens with zero attached hydrogens (tertiary/aromatic N) is 3. The molecule has 0 aliphatic rings. The molecule has 0 N–H and O–H groups in total. The standard InChI is InChI=1S/C22H28FN3O/c1-7-25(5)14-24-21-11-16(3)19(10-17(21)4)22(27)13-26(6)18-9-8-15(2)20(23)12-18/h8-12,14H,7,13H2,1-6H3/b24-14+.